The largest absolute Gasteiger partial charge is 0.391 e. The van der Waals surface area contributed by atoms with Crippen LogP contribution >= 0.6 is 44.3 Å². The van der Waals surface area contributed by atoms with Crippen molar-refractivity contribution in [3.05, 3.63) is 32.7 Å². The van der Waals surface area contributed by atoms with Gasteiger partial charge >= 0.3 is 0 Å². The van der Waals surface area contributed by atoms with Gasteiger partial charge in [0, 0.05) is 8.95 Å². The molecule has 0 fully saturated rings. The van der Waals surface area contributed by atoms with Gasteiger partial charge < -0.3 is 10.8 Å². The summed E-state index contributed by atoms with van der Waals surface area (Å²) >= 11 is 6.81. The summed E-state index contributed by atoms with van der Waals surface area (Å²) in [7, 11) is 0. The third-order valence-corrected chi connectivity index (χ3v) is 4.26. The van der Waals surface area contributed by atoms with Crippen molar-refractivity contribution in [3.8, 4) is 0 Å². The van der Waals surface area contributed by atoms with E-state index in [0.717, 1.165) is 14.5 Å². The minimum Gasteiger partial charge on any atom is -0.391 e. The molecule has 0 radical (unpaired) electrons. The molecule has 2 nitrogen and oxygen atoms in total. The minimum atomic E-state index is -0.516. The Bertz CT molecular complexity index is 347. The monoisotopic (exact) mass is 371 g/mol. The highest BCUT2D eigenvalue weighted by Gasteiger charge is 2.20. The molecule has 0 amide bonds. The molecule has 0 saturated heterocycles. The maximum atomic E-state index is 9.86. The SMILES string of the molecule is CC(C)[C@H](O)[C@H](N)c1ccc(Br)c(Br)c1.Cl. The van der Waals surface area contributed by atoms with Crippen molar-refractivity contribution < 1.29 is 5.11 Å². The first kappa shape index (κ1) is 16.4. The summed E-state index contributed by atoms with van der Waals surface area (Å²) in [5.41, 5.74) is 6.91. The van der Waals surface area contributed by atoms with E-state index in [9.17, 15) is 5.11 Å². The smallest absolute Gasteiger partial charge is 0.0755 e. The van der Waals surface area contributed by atoms with E-state index >= 15 is 0 Å². The molecule has 16 heavy (non-hydrogen) atoms. The zero-order valence-electron chi connectivity index (χ0n) is 9.15. The van der Waals surface area contributed by atoms with Crippen LogP contribution < -0.4 is 5.73 Å². The number of benzene rings is 1. The van der Waals surface area contributed by atoms with E-state index in [2.05, 4.69) is 31.9 Å². The first-order valence-electron chi connectivity index (χ1n) is 4.82. The molecule has 92 valence electrons. The molecular formula is C11H16Br2ClNO. The van der Waals surface area contributed by atoms with Crippen LogP contribution in [0.4, 0.5) is 0 Å². The van der Waals surface area contributed by atoms with Gasteiger partial charge in [-0.25, -0.2) is 0 Å². The Labute approximate surface area is 119 Å². The molecule has 0 unspecified atom stereocenters. The lowest BCUT2D eigenvalue weighted by molar-refractivity contribution is 0.0979. The molecule has 0 spiro atoms. The normalized spacial score (nSPS) is 14.4. The minimum absolute atomic E-state index is 0. The maximum Gasteiger partial charge on any atom is 0.0755 e. The summed E-state index contributed by atoms with van der Waals surface area (Å²) in [5.74, 6) is 0.155. The fourth-order valence-corrected chi connectivity index (χ4v) is 1.97. The molecule has 0 aliphatic rings. The Morgan fingerprint density at radius 1 is 1.19 bits per heavy atom. The molecule has 0 aromatic heterocycles. The molecule has 1 aromatic carbocycles. The molecule has 2 atom stereocenters. The highest BCUT2D eigenvalue weighted by molar-refractivity contribution is 9.13. The van der Waals surface area contributed by atoms with Crippen molar-refractivity contribution in [2.75, 3.05) is 0 Å². The van der Waals surface area contributed by atoms with Crippen LogP contribution in [0, 0.1) is 5.92 Å². The number of hydrogen-bond acceptors (Lipinski definition) is 2. The second-order valence-corrected chi connectivity index (χ2v) is 5.64. The first-order valence-corrected chi connectivity index (χ1v) is 6.40. The van der Waals surface area contributed by atoms with Gasteiger partial charge in [0.25, 0.3) is 0 Å². The number of halogens is 3. The quantitative estimate of drug-likeness (QED) is 0.850. The predicted molar refractivity (Wildman–Crippen MR) is 76.9 cm³/mol. The Morgan fingerprint density at radius 2 is 1.75 bits per heavy atom. The summed E-state index contributed by atoms with van der Waals surface area (Å²) in [5, 5.41) is 9.86. The summed E-state index contributed by atoms with van der Waals surface area (Å²) in [6.07, 6.45) is -0.516. The van der Waals surface area contributed by atoms with E-state index in [1.54, 1.807) is 0 Å². The summed E-state index contributed by atoms with van der Waals surface area (Å²) < 4.78 is 1.93. The average Bonchev–Trinajstić information content (AvgIpc) is 2.19. The van der Waals surface area contributed by atoms with Crippen LogP contribution in [0.2, 0.25) is 0 Å². The number of hydrogen-bond donors (Lipinski definition) is 2. The van der Waals surface area contributed by atoms with Crippen LogP contribution in [0.1, 0.15) is 25.5 Å². The van der Waals surface area contributed by atoms with Crippen molar-refractivity contribution in [2.45, 2.75) is 26.0 Å². The van der Waals surface area contributed by atoms with Gasteiger partial charge in [-0.15, -0.1) is 12.4 Å². The van der Waals surface area contributed by atoms with Crippen LogP contribution in [-0.4, -0.2) is 11.2 Å². The molecule has 5 heteroatoms. The predicted octanol–water partition coefficient (Wildman–Crippen LogP) is 3.65. The van der Waals surface area contributed by atoms with E-state index in [-0.39, 0.29) is 24.4 Å². The van der Waals surface area contributed by atoms with E-state index in [0.29, 0.717) is 0 Å². The van der Waals surface area contributed by atoms with Crippen molar-refractivity contribution >= 4 is 44.3 Å². The summed E-state index contributed by atoms with van der Waals surface area (Å²) in [6, 6.07) is 5.44. The summed E-state index contributed by atoms with van der Waals surface area (Å²) in [4.78, 5) is 0. The van der Waals surface area contributed by atoms with Gasteiger partial charge in [-0.1, -0.05) is 19.9 Å². The van der Waals surface area contributed by atoms with Gasteiger partial charge in [0.15, 0.2) is 0 Å². The van der Waals surface area contributed by atoms with Crippen molar-refractivity contribution in [2.24, 2.45) is 11.7 Å². The Hall–Kier alpha value is 0.390. The first-order chi connectivity index (χ1) is 6.93. The second-order valence-electron chi connectivity index (χ2n) is 3.93. The maximum absolute atomic E-state index is 9.86. The van der Waals surface area contributed by atoms with Gasteiger partial charge in [0.05, 0.1) is 12.1 Å². The topological polar surface area (TPSA) is 46.2 Å². The molecule has 0 heterocycles. The highest BCUT2D eigenvalue weighted by atomic mass is 79.9. The number of aliphatic hydroxyl groups excluding tert-OH is 1. The number of rotatable bonds is 3. The van der Waals surface area contributed by atoms with Gasteiger partial charge in [0.2, 0.25) is 0 Å². The van der Waals surface area contributed by atoms with Crippen LogP contribution in [-0.2, 0) is 0 Å². The number of aliphatic hydroxyl groups is 1. The number of nitrogens with two attached hydrogens (primary N) is 1. The molecule has 0 saturated carbocycles. The lowest BCUT2D eigenvalue weighted by Gasteiger charge is -2.22. The van der Waals surface area contributed by atoms with E-state index in [1.165, 1.54) is 0 Å². The molecule has 0 aliphatic carbocycles. The Balaban J connectivity index is 0.00000225. The van der Waals surface area contributed by atoms with E-state index in [1.807, 2.05) is 32.0 Å². The van der Waals surface area contributed by atoms with Crippen molar-refractivity contribution in [1.82, 2.24) is 0 Å². The lowest BCUT2D eigenvalue weighted by atomic mass is 9.95. The standard InChI is InChI=1S/C11H15Br2NO.ClH/c1-6(2)11(15)10(14)7-3-4-8(12)9(13)5-7;/h3-6,10-11,15H,14H2,1-2H3;1H/t10-,11+;/m1./s1. The van der Waals surface area contributed by atoms with Gasteiger partial charge in [-0.3, -0.25) is 0 Å². The van der Waals surface area contributed by atoms with Crippen molar-refractivity contribution in [1.29, 1.82) is 0 Å². The summed E-state index contributed by atoms with van der Waals surface area (Å²) in [6.45, 7) is 3.91. The molecule has 1 rings (SSSR count). The van der Waals surface area contributed by atoms with Crippen LogP contribution in [0.3, 0.4) is 0 Å². The van der Waals surface area contributed by atoms with Gasteiger partial charge in [-0.2, -0.15) is 0 Å². The Morgan fingerprint density at radius 3 is 2.19 bits per heavy atom. The van der Waals surface area contributed by atoms with Crippen LogP contribution in [0.15, 0.2) is 27.1 Å². The van der Waals surface area contributed by atoms with Crippen molar-refractivity contribution in [3.63, 3.8) is 0 Å². The van der Waals surface area contributed by atoms with E-state index in [4.69, 9.17) is 5.73 Å². The fraction of sp³-hybridized carbons (Fsp3) is 0.455. The zero-order chi connectivity index (χ0) is 11.6. The zero-order valence-corrected chi connectivity index (χ0v) is 13.1. The fourth-order valence-electron chi connectivity index (χ4n) is 1.33. The third-order valence-electron chi connectivity index (χ3n) is 2.38. The third kappa shape index (κ3) is 4.00. The Kier molecular flexibility index (Phi) is 7.14. The highest BCUT2D eigenvalue weighted by Crippen LogP contribution is 2.28. The molecular weight excluding hydrogens is 357 g/mol. The lowest BCUT2D eigenvalue weighted by Crippen LogP contribution is -2.30. The second kappa shape index (κ2) is 6.97. The molecule has 3 N–H and O–H groups in total. The van der Waals surface area contributed by atoms with Crippen LogP contribution in [0.25, 0.3) is 0 Å². The molecule has 0 bridgehead atoms. The molecule has 1 aromatic rings. The van der Waals surface area contributed by atoms with Gasteiger partial charge in [0.1, 0.15) is 0 Å². The van der Waals surface area contributed by atoms with Crippen LogP contribution in [0.5, 0.6) is 0 Å². The van der Waals surface area contributed by atoms with Gasteiger partial charge in [-0.05, 0) is 55.5 Å². The van der Waals surface area contributed by atoms with E-state index < -0.39 is 6.10 Å². The molecule has 0 aliphatic heterocycles. The average molecular weight is 374 g/mol.